The van der Waals surface area contributed by atoms with Crippen LogP contribution in [0.5, 0.6) is 5.75 Å². The molecule has 0 aliphatic carbocycles. The van der Waals surface area contributed by atoms with Crippen LogP contribution in [0.3, 0.4) is 0 Å². The fraction of sp³-hybridized carbons (Fsp3) is 0.150. The SMILES string of the molecule is Cc1oc(COc2ccccc2/C=C/CO)nc1-c1ccccc1. The molecule has 0 bridgehead atoms. The number of ether oxygens (including phenoxy) is 1. The standard InChI is InChI=1S/C20H19NO3/c1-15-20(17-9-3-2-4-10-17)21-19(24-15)14-23-18-12-6-5-8-16(18)11-7-13-22/h2-12,22H,13-14H2,1H3/b11-7+. The monoisotopic (exact) mass is 321 g/mol. The molecule has 0 atom stereocenters. The molecule has 0 aliphatic rings. The fourth-order valence-electron chi connectivity index (χ4n) is 2.45. The van der Waals surface area contributed by atoms with Crippen LogP contribution in [-0.2, 0) is 6.61 Å². The molecule has 0 amide bonds. The lowest BCUT2D eigenvalue weighted by Gasteiger charge is -2.06. The van der Waals surface area contributed by atoms with Gasteiger partial charge in [-0.25, -0.2) is 4.98 Å². The van der Waals surface area contributed by atoms with Crippen LogP contribution in [-0.4, -0.2) is 16.7 Å². The number of aliphatic hydroxyl groups excluding tert-OH is 1. The van der Waals surface area contributed by atoms with Gasteiger partial charge in [0, 0.05) is 11.1 Å². The maximum absolute atomic E-state index is 8.92. The lowest BCUT2D eigenvalue weighted by atomic mass is 10.1. The molecule has 122 valence electrons. The lowest BCUT2D eigenvalue weighted by molar-refractivity contribution is 0.260. The number of aryl methyl sites for hydroxylation is 1. The van der Waals surface area contributed by atoms with E-state index in [1.807, 2.05) is 67.6 Å². The van der Waals surface area contributed by atoms with E-state index in [1.165, 1.54) is 0 Å². The third-order valence-corrected chi connectivity index (χ3v) is 3.56. The van der Waals surface area contributed by atoms with Gasteiger partial charge in [-0.2, -0.15) is 0 Å². The van der Waals surface area contributed by atoms with Gasteiger partial charge in [0.15, 0.2) is 6.61 Å². The van der Waals surface area contributed by atoms with Crippen LogP contribution in [0.2, 0.25) is 0 Å². The van der Waals surface area contributed by atoms with Crippen molar-refractivity contribution >= 4 is 6.08 Å². The maximum Gasteiger partial charge on any atom is 0.233 e. The molecule has 1 aromatic heterocycles. The molecule has 0 saturated carbocycles. The average Bonchev–Trinajstić information content (AvgIpc) is 3.00. The van der Waals surface area contributed by atoms with E-state index in [0.29, 0.717) is 5.89 Å². The van der Waals surface area contributed by atoms with Crippen molar-refractivity contribution in [3.63, 3.8) is 0 Å². The van der Waals surface area contributed by atoms with Crippen molar-refractivity contribution in [3.8, 4) is 17.0 Å². The fourth-order valence-corrected chi connectivity index (χ4v) is 2.45. The van der Waals surface area contributed by atoms with Gasteiger partial charge in [0.2, 0.25) is 5.89 Å². The summed E-state index contributed by atoms with van der Waals surface area (Å²) in [6.45, 7) is 2.14. The molecule has 0 aliphatic heterocycles. The highest BCUT2D eigenvalue weighted by Crippen LogP contribution is 2.25. The number of benzene rings is 2. The van der Waals surface area contributed by atoms with E-state index in [-0.39, 0.29) is 13.2 Å². The van der Waals surface area contributed by atoms with Crippen molar-refractivity contribution in [2.45, 2.75) is 13.5 Å². The predicted octanol–water partition coefficient (Wildman–Crippen LogP) is 4.23. The molecule has 4 heteroatoms. The van der Waals surface area contributed by atoms with E-state index in [9.17, 15) is 0 Å². The topological polar surface area (TPSA) is 55.5 Å². The molecule has 4 nitrogen and oxygen atoms in total. The number of rotatable bonds is 6. The number of oxazole rings is 1. The highest BCUT2D eigenvalue weighted by molar-refractivity contribution is 5.60. The van der Waals surface area contributed by atoms with E-state index < -0.39 is 0 Å². The highest BCUT2D eigenvalue weighted by atomic mass is 16.5. The Labute approximate surface area is 141 Å². The first-order valence-corrected chi connectivity index (χ1v) is 7.79. The van der Waals surface area contributed by atoms with Gasteiger partial charge < -0.3 is 14.3 Å². The normalized spacial score (nSPS) is 11.1. The van der Waals surface area contributed by atoms with E-state index in [0.717, 1.165) is 28.3 Å². The highest BCUT2D eigenvalue weighted by Gasteiger charge is 2.12. The Morgan fingerprint density at radius 2 is 1.83 bits per heavy atom. The van der Waals surface area contributed by atoms with E-state index in [4.69, 9.17) is 14.3 Å². The largest absolute Gasteiger partial charge is 0.483 e. The second-order valence-corrected chi connectivity index (χ2v) is 5.29. The summed E-state index contributed by atoms with van der Waals surface area (Å²) in [5, 5.41) is 8.92. The van der Waals surface area contributed by atoms with Gasteiger partial charge >= 0.3 is 0 Å². The van der Waals surface area contributed by atoms with Crippen LogP contribution in [0.4, 0.5) is 0 Å². The first-order valence-electron chi connectivity index (χ1n) is 7.79. The zero-order chi connectivity index (χ0) is 16.8. The predicted molar refractivity (Wildman–Crippen MR) is 93.6 cm³/mol. The molecule has 0 fully saturated rings. The zero-order valence-electron chi connectivity index (χ0n) is 13.5. The summed E-state index contributed by atoms with van der Waals surface area (Å²) in [4.78, 5) is 4.54. The summed E-state index contributed by atoms with van der Waals surface area (Å²) in [5.74, 6) is 2.03. The Kier molecular flexibility index (Phi) is 5.08. The summed E-state index contributed by atoms with van der Waals surface area (Å²) in [6, 6.07) is 17.6. The quantitative estimate of drug-likeness (QED) is 0.738. The van der Waals surface area contributed by atoms with Gasteiger partial charge in [0.25, 0.3) is 0 Å². The van der Waals surface area contributed by atoms with Gasteiger partial charge in [-0.15, -0.1) is 0 Å². The number of para-hydroxylation sites is 1. The van der Waals surface area contributed by atoms with Gasteiger partial charge in [-0.05, 0) is 13.0 Å². The molecule has 3 aromatic rings. The number of aliphatic hydroxyl groups is 1. The van der Waals surface area contributed by atoms with Crippen molar-refractivity contribution in [1.29, 1.82) is 0 Å². The molecule has 1 heterocycles. The number of hydrogen-bond donors (Lipinski definition) is 1. The first kappa shape index (κ1) is 16.0. The third kappa shape index (κ3) is 3.73. The average molecular weight is 321 g/mol. The Hall–Kier alpha value is -2.85. The van der Waals surface area contributed by atoms with E-state index in [2.05, 4.69) is 4.98 Å². The molecule has 0 unspecified atom stereocenters. The summed E-state index contributed by atoms with van der Waals surface area (Å²) < 4.78 is 11.6. The minimum Gasteiger partial charge on any atom is -0.483 e. The van der Waals surface area contributed by atoms with Crippen molar-refractivity contribution in [3.05, 3.63) is 77.9 Å². The summed E-state index contributed by atoms with van der Waals surface area (Å²) in [6.07, 6.45) is 3.50. The molecule has 0 radical (unpaired) electrons. The van der Waals surface area contributed by atoms with Crippen LogP contribution >= 0.6 is 0 Å². The second kappa shape index (κ2) is 7.62. The second-order valence-electron chi connectivity index (χ2n) is 5.29. The lowest BCUT2D eigenvalue weighted by Crippen LogP contribution is -1.97. The van der Waals surface area contributed by atoms with Crippen molar-refractivity contribution < 1.29 is 14.3 Å². The van der Waals surface area contributed by atoms with E-state index >= 15 is 0 Å². The molecular weight excluding hydrogens is 302 g/mol. The maximum atomic E-state index is 8.92. The van der Waals surface area contributed by atoms with Crippen LogP contribution in [0.25, 0.3) is 17.3 Å². The van der Waals surface area contributed by atoms with Gasteiger partial charge in [0.05, 0.1) is 6.61 Å². The van der Waals surface area contributed by atoms with Gasteiger partial charge in [-0.1, -0.05) is 60.7 Å². The van der Waals surface area contributed by atoms with Crippen molar-refractivity contribution in [2.75, 3.05) is 6.61 Å². The molecule has 1 N–H and O–H groups in total. The van der Waals surface area contributed by atoms with Crippen LogP contribution in [0.1, 0.15) is 17.2 Å². The minimum atomic E-state index is -0.00625. The summed E-state index contributed by atoms with van der Waals surface area (Å²) in [5.41, 5.74) is 2.76. The smallest absolute Gasteiger partial charge is 0.233 e. The van der Waals surface area contributed by atoms with Crippen molar-refractivity contribution in [2.24, 2.45) is 0 Å². The Bertz CT molecular complexity index is 822. The number of nitrogens with zero attached hydrogens (tertiary/aromatic N) is 1. The number of aromatic nitrogens is 1. The van der Waals surface area contributed by atoms with Crippen molar-refractivity contribution in [1.82, 2.24) is 4.98 Å². The van der Waals surface area contributed by atoms with Gasteiger partial charge in [0.1, 0.15) is 17.2 Å². The molecule has 2 aromatic carbocycles. The summed E-state index contributed by atoms with van der Waals surface area (Å²) >= 11 is 0. The molecular formula is C20H19NO3. The third-order valence-electron chi connectivity index (χ3n) is 3.56. The minimum absolute atomic E-state index is 0.00625. The molecule has 0 spiro atoms. The first-order chi connectivity index (χ1) is 11.8. The van der Waals surface area contributed by atoms with Crippen LogP contribution < -0.4 is 4.74 Å². The zero-order valence-corrected chi connectivity index (χ0v) is 13.5. The van der Waals surface area contributed by atoms with Crippen LogP contribution in [0.15, 0.2) is 65.1 Å². The molecule has 0 saturated heterocycles. The Morgan fingerprint density at radius 3 is 2.62 bits per heavy atom. The number of hydrogen-bond acceptors (Lipinski definition) is 4. The summed E-state index contributed by atoms with van der Waals surface area (Å²) in [7, 11) is 0. The Balaban J connectivity index is 1.76. The van der Waals surface area contributed by atoms with Gasteiger partial charge in [-0.3, -0.25) is 0 Å². The van der Waals surface area contributed by atoms with Crippen LogP contribution in [0, 0.1) is 6.92 Å². The molecule has 3 rings (SSSR count). The molecule has 24 heavy (non-hydrogen) atoms. The van der Waals surface area contributed by atoms with E-state index in [1.54, 1.807) is 6.08 Å². The Morgan fingerprint density at radius 1 is 1.08 bits per heavy atom.